The van der Waals surface area contributed by atoms with E-state index in [1.54, 1.807) is 12.1 Å². The van der Waals surface area contributed by atoms with E-state index in [1.165, 1.54) is 30.5 Å². The Morgan fingerprint density at radius 1 is 1.00 bits per heavy atom. The number of rotatable bonds is 5. The number of carbonyl (C=O) groups excluding carboxylic acids is 1. The summed E-state index contributed by atoms with van der Waals surface area (Å²) < 4.78 is 5.68. The molecule has 1 amide bonds. The molecule has 0 aliphatic rings. The van der Waals surface area contributed by atoms with Gasteiger partial charge in [-0.25, -0.2) is 4.98 Å². The maximum Gasteiger partial charge on any atom is 0.270 e. The second-order valence-corrected chi connectivity index (χ2v) is 5.05. The van der Waals surface area contributed by atoms with Gasteiger partial charge in [0.05, 0.1) is 4.92 Å². The zero-order valence-electron chi connectivity index (χ0n) is 13.0. The molecule has 2 aromatic carbocycles. The first kappa shape index (κ1) is 16.1. The summed E-state index contributed by atoms with van der Waals surface area (Å²) >= 11 is 0. The Morgan fingerprint density at radius 3 is 2.56 bits per heavy atom. The number of pyridine rings is 1. The van der Waals surface area contributed by atoms with E-state index >= 15 is 0 Å². The molecule has 0 saturated carbocycles. The summed E-state index contributed by atoms with van der Waals surface area (Å²) in [4.78, 5) is 26.5. The number of nitro groups is 1. The predicted octanol–water partition coefficient (Wildman–Crippen LogP) is 4.03. The van der Waals surface area contributed by atoms with E-state index in [0.717, 1.165) is 0 Å². The van der Waals surface area contributed by atoms with Crippen LogP contribution in [0, 0.1) is 10.1 Å². The van der Waals surface area contributed by atoms with Crippen molar-refractivity contribution in [2.75, 3.05) is 5.32 Å². The summed E-state index contributed by atoms with van der Waals surface area (Å²) in [6, 6.07) is 17.9. The Morgan fingerprint density at radius 2 is 1.80 bits per heavy atom. The molecule has 0 aliphatic heterocycles. The fraction of sp³-hybridized carbons (Fsp3) is 0. The summed E-state index contributed by atoms with van der Waals surface area (Å²) in [5.41, 5.74) is 0.0205. The summed E-state index contributed by atoms with van der Waals surface area (Å²) in [5, 5.41) is 13.4. The molecule has 1 heterocycles. The van der Waals surface area contributed by atoms with Gasteiger partial charge in [0.25, 0.3) is 11.6 Å². The Labute approximate surface area is 143 Å². The fourth-order valence-electron chi connectivity index (χ4n) is 2.12. The molecule has 0 saturated heterocycles. The van der Waals surface area contributed by atoms with Crippen molar-refractivity contribution in [3.05, 3.63) is 88.6 Å². The average molecular weight is 335 g/mol. The molecule has 1 N–H and O–H groups in total. The molecule has 0 unspecified atom stereocenters. The van der Waals surface area contributed by atoms with Gasteiger partial charge in [-0.15, -0.1) is 0 Å². The highest BCUT2D eigenvalue weighted by Gasteiger charge is 2.12. The zero-order valence-corrected chi connectivity index (χ0v) is 13.0. The number of benzene rings is 2. The summed E-state index contributed by atoms with van der Waals surface area (Å²) in [6.45, 7) is 0. The largest absolute Gasteiger partial charge is 0.457 e. The lowest BCUT2D eigenvalue weighted by Crippen LogP contribution is -2.13. The number of hydrogen-bond acceptors (Lipinski definition) is 5. The first-order chi connectivity index (χ1) is 12.1. The lowest BCUT2D eigenvalue weighted by Gasteiger charge is -2.08. The first-order valence-electron chi connectivity index (χ1n) is 7.36. The molecule has 3 aromatic rings. The molecule has 0 atom stereocenters. The molecule has 7 nitrogen and oxygen atoms in total. The predicted molar refractivity (Wildman–Crippen MR) is 91.8 cm³/mol. The monoisotopic (exact) mass is 335 g/mol. The molecule has 0 bridgehead atoms. The number of ether oxygens (including phenoxy) is 1. The summed E-state index contributed by atoms with van der Waals surface area (Å²) in [5.74, 6) is 0.957. The molecular formula is C18H13N3O4. The van der Waals surface area contributed by atoms with Crippen LogP contribution in [-0.4, -0.2) is 15.8 Å². The van der Waals surface area contributed by atoms with Crippen LogP contribution in [-0.2, 0) is 0 Å². The van der Waals surface area contributed by atoms with E-state index in [2.05, 4.69) is 10.3 Å². The minimum Gasteiger partial charge on any atom is -0.457 e. The number of nitrogens with zero attached hydrogens (tertiary/aromatic N) is 2. The zero-order chi connectivity index (χ0) is 17.6. The quantitative estimate of drug-likeness (QED) is 0.561. The van der Waals surface area contributed by atoms with E-state index in [9.17, 15) is 14.9 Å². The van der Waals surface area contributed by atoms with Crippen LogP contribution in [0.25, 0.3) is 0 Å². The highest BCUT2D eigenvalue weighted by atomic mass is 16.6. The Bertz CT molecular complexity index is 913. The average Bonchev–Trinajstić information content (AvgIpc) is 2.63. The smallest absolute Gasteiger partial charge is 0.270 e. The number of nitrogens with one attached hydrogen (secondary N) is 1. The van der Waals surface area contributed by atoms with E-state index in [4.69, 9.17) is 4.74 Å². The van der Waals surface area contributed by atoms with Crippen molar-refractivity contribution in [2.45, 2.75) is 0 Å². The van der Waals surface area contributed by atoms with E-state index in [1.807, 2.05) is 30.3 Å². The van der Waals surface area contributed by atoms with Gasteiger partial charge >= 0.3 is 0 Å². The van der Waals surface area contributed by atoms with Gasteiger partial charge in [-0.05, 0) is 24.3 Å². The molecule has 0 aliphatic carbocycles. The highest BCUT2D eigenvalue weighted by molar-refractivity contribution is 6.04. The Hall–Kier alpha value is -3.74. The van der Waals surface area contributed by atoms with Crippen LogP contribution in [0.4, 0.5) is 11.5 Å². The summed E-state index contributed by atoms with van der Waals surface area (Å²) in [6.07, 6.45) is 1.50. The number of hydrogen-bond donors (Lipinski definition) is 1. The third-order valence-corrected chi connectivity index (χ3v) is 3.27. The Kier molecular flexibility index (Phi) is 4.66. The van der Waals surface area contributed by atoms with Gasteiger partial charge in [-0.2, -0.15) is 0 Å². The van der Waals surface area contributed by atoms with Crippen LogP contribution < -0.4 is 10.1 Å². The fourth-order valence-corrected chi connectivity index (χ4v) is 2.12. The van der Waals surface area contributed by atoms with Crippen molar-refractivity contribution in [3.8, 4) is 11.5 Å². The maximum absolute atomic E-state index is 12.2. The standard InChI is InChI=1S/C18H13N3O4/c22-18(13-5-4-6-14(11-13)21(23)24)20-17-12-16(9-10-19-17)25-15-7-2-1-3-8-15/h1-12H,(H,19,20,22). The molecule has 3 rings (SSSR count). The topological polar surface area (TPSA) is 94.4 Å². The lowest BCUT2D eigenvalue weighted by atomic mass is 10.2. The minimum absolute atomic E-state index is 0.151. The van der Waals surface area contributed by atoms with Crippen LogP contribution in [0.2, 0.25) is 0 Å². The van der Waals surface area contributed by atoms with Crippen molar-refractivity contribution >= 4 is 17.4 Å². The number of anilines is 1. The van der Waals surface area contributed by atoms with Gasteiger partial charge in [0.15, 0.2) is 0 Å². The number of carbonyl (C=O) groups is 1. The number of non-ortho nitro benzene ring substituents is 1. The van der Waals surface area contributed by atoms with Gasteiger partial charge < -0.3 is 10.1 Å². The van der Waals surface area contributed by atoms with Crippen LogP contribution in [0.1, 0.15) is 10.4 Å². The van der Waals surface area contributed by atoms with E-state index in [-0.39, 0.29) is 17.1 Å². The normalized spacial score (nSPS) is 10.1. The molecule has 25 heavy (non-hydrogen) atoms. The van der Waals surface area contributed by atoms with Gasteiger partial charge in [0.2, 0.25) is 0 Å². The number of para-hydroxylation sites is 1. The van der Waals surface area contributed by atoms with Crippen LogP contribution in [0.3, 0.4) is 0 Å². The van der Waals surface area contributed by atoms with Gasteiger partial charge in [-0.3, -0.25) is 14.9 Å². The molecular weight excluding hydrogens is 322 g/mol. The molecule has 7 heteroatoms. The SMILES string of the molecule is O=C(Nc1cc(Oc2ccccc2)ccn1)c1cccc([N+](=O)[O-])c1. The van der Waals surface area contributed by atoms with E-state index < -0.39 is 10.8 Å². The second kappa shape index (κ2) is 7.22. The summed E-state index contributed by atoms with van der Waals surface area (Å²) in [7, 11) is 0. The first-order valence-corrected chi connectivity index (χ1v) is 7.36. The molecule has 0 spiro atoms. The molecule has 1 aromatic heterocycles. The minimum atomic E-state index is -0.552. The molecule has 124 valence electrons. The third kappa shape index (κ3) is 4.17. The highest BCUT2D eigenvalue weighted by Crippen LogP contribution is 2.23. The number of aromatic nitrogens is 1. The van der Waals surface area contributed by atoms with Gasteiger partial charge in [0, 0.05) is 30.0 Å². The van der Waals surface area contributed by atoms with Crippen molar-refractivity contribution in [3.63, 3.8) is 0 Å². The van der Waals surface area contributed by atoms with Crippen LogP contribution >= 0.6 is 0 Å². The number of amides is 1. The lowest BCUT2D eigenvalue weighted by molar-refractivity contribution is -0.384. The third-order valence-electron chi connectivity index (χ3n) is 3.27. The molecule has 0 fully saturated rings. The van der Waals surface area contributed by atoms with Crippen molar-refractivity contribution in [1.82, 2.24) is 4.98 Å². The second-order valence-electron chi connectivity index (χ2n) is 5.05. The van der Waals surface area contributed by atoms with Crippen molar-refractivity contribution in [1.29, 1.82) is 0 Å². The van der Waals surface area contributed by atoms with Gasteiger partial charge in [-0.1, -0.05) is 24.3 Å². The van der Waals surface area contributed by atoms with Gasteiger partial charge in [0.1, 0.15) is 17.3 Å². The van der Waals surface area contributed by atoms with Crippen molar-refractivity contribution in [2.24, 2.45) is 0 Å². The number of nitro benzene ring substituents is 1. The van der Waals surface area contributed by atoms with E-state index in [0.29, 0.717) is 11.5 Å². The van der Waals surface area contributed by atoms with Crippen LogP contribution in [0.15, 0.2) is 72.9 Å². The molecule has 0 radical (unpaired) electrons. The maximum atomic E-state index is 12.2. The van der Waals surface area contributed by atoms with Crippen LogP contribution in [0.5, 0.6) is 11.5 Å². The Balaban J connectivity index is 1.74. The van der Waals surface area contributed by atoms with Crippen molar-refractivity contribution < 1.29 is 14.5 Å².